The quantitative estimate of drug-likeness (QED) is 0.463. The molecule has 0 amide bonds. The monoisotopic (exact) mass is 386 g/mol. The number of thiol groups is 1. The third-order valence-corrected chi connectivity index (χ3v) is 3.78. The number of hydrogen-bond acceptors (Lipinski definition) is 3. The molecule has 0 saturated carbocycles. The van der Waals surface area contributed by atoms with E-state index in [1.807, 2.05) is 0 Å². The van der Waals surface area contributed by atoms with E-state index in [4.69, 9.17) is 0 Å². The smallest absolute Gasteiger partial charge is 0.236 e. The van der Waals surface area contributed by atoms with Crippen LogP contribution in [0.3, 0.4) is 0 Å². The van der Waals surface area contributed by atoms with Crippen molar-refractivity contribution in [2.45, 2.75) is 11.1 Å². The van der Waals surface area contributed by atoms with Gasteiger partial charge in [0.2, 0.25) is 0 Å². The summed E-state index contributed by atoms with van der Waals surface area (Å²) in [5, 5.41) is 0. The van der Waals surface area contributed by atoms with Crippen LogP contribution in [0.2, 0.25) is 0 Å². The Morgan fingerprint density at radius 3 is 1.85 bits per heavy atom. The predicted molar refractivity (Wildman–Crippen MR) is 85.0 cm³/mol. The van der Waals surface area contributed by atoms with Crippen LogP contribution >= 0.6 is 12.6 Å². The van der Waals surface area contributed by atoms with E-state index in [-0.39, 0.29) is 22.5 Å². The second-order valence-corrected chi connectivity index (χ2v) is 5.79. The Morgan fingerprint density at radius 2 is 1.35 bits per heavy atom. The fourth-order valence-electron chi connectivity index (χ4n) is 2.33. The van der Waals surface area contributed by atoms with Crippen molar-refractivity contribution in [1.82, 2.24) is 9.97 Å². The van der Waals surface area contributed by atoms with Gasteiger partial charge in [0.05, 0.1) is 0 Å². The van der Waals surface area contributed by atoms with Crippen LogP contribution < -0.4 is 0 Å². The van der Waals surface area contributed by atoms with E-state index in [1.54, 1.807) is 6.07 Å². The molecule has 0 aliphatic rings. The van der Waals surface area contributed by atoms with E-state index in [0.29, 0.717) is 17.0 Å². The first-order chi connectivity index (χ1) is 12.2. The summed E-state index contributed by atoms with van der Waals surface area (Å²) in [5.74, 6) is -4.31. The van der Waals surface area contributed by atoms with Gasteiger partial charge in [-0.1, -0.05) is 6.07 Å². The van der Waals surface area contributed by atoms with E-state index in [0.717, 1.165) is 0 Å². The van der Waals surface area contributed by atoms with Crippen LogP contribution in [0.1, 0.15) is 5.56 Å². The SMILES string of the molecule is Fc1cc(S)ccc1-c1cnc(-c2cc(F)c(C(F)(F)F)c(F)c2)nc1. The lowest BCUT2D eigenvalue weighted by Crippen LogP contribution is -2.11. The lowest BCUT2D eigenvalue weighted by atomic mass is 10.1. The average molecular weight is 386 g/mol. The molecule has 134 valence electrons. The van der Waals surface area contributed by atoms with Crippen molar-refractivity contribution >= 4 is 12.6 Å². The lowest BCUT2D eigenvalue weighted by Gasteiger charge is -2.11. The van der Waals surface area contributed by atoms with Crippen LogP contribution in [0, 0.1) is 17.5 Å². The van der Waals surface area contributed by atoms with Gasteiger partial charge in [0, 0.05) is 34.0 Å². The van der Waals surface area contributed by atoms with Gasteiger partial charge >= 0.3 is 6.18 Å². The maximum atomic E-state index is 13.9. The Hall–Kier alpha value is -2.55. The molecule has 0 fully saturated rings. The van der Waals surface area contributed by atoms with E-state index in [2.05, 4.69) is 22.6 Å². The summed E-state index contributed by atoms with van der Waals surface area (Å²) < 4.78 is 79.0. The molecule has 0 unspecified atom stereocenters. The zero-order valence-corrected chi connectivity index (χ0v) is 13.5. The highest BCUT2D eigenvalue weighted by Gasteiger charge is 2.38. The number of alkyl halides is 3. The first-order valence-corrected chi connectivity index (χ1v) is 7.49. The van der Waals surface area contributed by atoms with Crippen LogP contribution in [0.15, 0.2) is 47.6 Å². The molecule has 2 nitrogen and oxygen atoms in total. The zero-order chi connectivity index (χ0) is 19.1. The van der Waals surface area contributed by atoms with Gasteiger partial charge < -0.3 is 0 Å². The normalized spacial score (nSPS) is 11.7. The molecule has 0 radical (unpaired) electrons. The highest BCUT2D eigenvalue weighted by atomic mass is 32.1. The molecule has 0 saturated heterocycles. The summed E-state index contributed by atoms with van der Waals surface area (Å²) in [5.41, 5.74) is -1.79. The van der Waals surface area contributed by atoms with Crippen molar-refractivity contribution in [3.63, 3.8) is 0 Å². The van der Waals surface area contributed by atoms with Crippen molar-refractivity contribution in [2.24, 2.45) is 0 Å². The molecule has 0 N–H and O–H groups in total. The highest BCUT2D eigenvalue weighted by molar-refractivity contribution is 7.80. The Labute approximate surface area is 148 Å². The molecular formula is C17H8F6N2S. The van der Waals surface area contributed by atoms with E-state index in [1.165, 1.54) is 24.5 Å². The molecule has 0 atom stereocenters. The molecule has 26 heavy (non-hydrogen) atoms. The Bertz CT molecular complexity index is 947. The first kappa shape index (κ1) is 18.2. The summed E-state index contributed by atoms with van der Waals surface area (Å²) in [6.45, 7) is 0. The number of rotatable bonds is 2. The maximum absolute atomic E-state index is 13.9. The van der Waals surface area contributed by atoms with Gasteiger partial charge in [-0.05, 0) is 24.3 Å². The van der Waals surface area contributed by atoms with Crippen LogP contribution in [0.25, 0.3) is 22.5 Å². The summed E-state index contributed by atoms with van der Waals surface area (Å²) in [7, 11) is 0. The molecule has 1 aromatic heterocycles. The molecule has 0 aliphatic heterocycles. The molecular weight excluding hydrogens is 378 g/mol. The average Bonchev–Trinajstić information content (AvgIpc) is 2.53. The standard InChI is InChI=1S/C17H8F6N2S/c18-12-5-10(26)1-2-11(12)9-6-24-16(25-7-9)8-3-13(19)15(14(20)4-8)17(21,22)23/h1-7,26H. The van der Waals surface area contributed by atoms with Gasteiger partial charge in [0.1, 0.15) is 23.0 Å². The summed E-state index contributed by atoms with van der Waals surface area (Å²) in [4.78, 5) is 8.12. The second kappa shape index (κ2) is 6.64. The minimum absolute atomic E-state index is 0.180. The largest absolute Gasteiger partial charge is 0.422 e. The molecule has 9 heteroatoms. The number of nitrogens with zero attached hydrogens (tertiary/aromatic N) is 2. The van der Waals surface area contributed by atoms with E-state index in [9.17, 15) is 26.3 Å². The van der Waals surface area contributed by atoms with Gasteiger partial charge in [-0.2, -0.15) is 13.2 Å². The molecule has 0 bridgehead atoms. The van der Waals surface area contributed by atoms with Crippen LogP contribution in [0.5, 0.6) is 0 Å². The Balaban J connectivity index is 1.99. The fourth-order valence-corrected chi connectivity index (χ4v) is 2.52. The molecule has 2 aromatic carbocycles. The number of benzene rings is 2. The van der Waals surface area contributed by atoms with Gasteiger partial charge in [-0.3, -0.25) is 0 Å². The first-order valence-electron chi connectivity index (χ1n) is 7.04. The highest BCUT2D eigenvalue weighted by Crippen LogP contribution is 2.35. The van der Waals surface area contributed by atoms with Crippen LogP contribution in [-0.4, -0.2) is 9.97 Å². The molecule has 3 rings (SSSR count). The van der Waals surface area contributed by atoms with Gasteiger partial charge in [-0.15, -0.1) is 12.6 Å². The number of hydrogen-bond donors (Lipinski definition) is 1. The number of aromatic nitrogens is 2. The Kier molecular flexibility index (Phi) is 4.66. The van der Waals surface area contributed by atoms with Gasteiger partial charge in [0.25, 0.3) is 0 Å². The minimum Gasteiger partial charge on any atom is -0.236 e. The van der Waals surface area contributed by atoms with Crippen molar-refractivity contribution < 1.29 is 26.3 Å². The van der Waals surface area contributed by atoms with Crippen molar-refractivity contribution in [3.05, 3.63) is 65.7 Å². The third kappa shape index (κ3) is 3.52. The predicted octanol–water partition coefficient (Wildman–Crippen LogP) is 5.54. The third-order valence-electron chi connectivity index (χ3n) is 3.50. The summed E-state index contributed by atoms with van der Waals surface area (Å²) in [6, 6.07) is 5.19. The zero-order valence-electron chi connectivity index (χ0n) is 12.7. The summed E-state index contributed by atoms with van der Waals surface area (Å²) in [6.07, 6.45) is -2.76. The molecule has 0 aliphatic carbocycles. The van der Waals surface area contributed by atoms with Crippen LogP contribution in [-0.2, 0) is 6.18 Å². The maximum Gasteiger partial charge on any atom is 0.422 e. The van der Waals surface area contributed by atoms with Crippen molar-refractivity contribution in [3.8, 4) is 22.5 Å². The van der Waals surface area contributed by atoms with Crippen molar-refractivity contribution in [1.29, 1.82) is 0 Å². The summed E-state index contributed by atoms with van der Waals surface area (Å²) >= 11 is 4.00. The molecule has 3 aromatic rings. The number of halogens is 6. The van der Waals surface area contributed by atoms with Gasteiger partial charge in [0.15, 0.2) is 5.82 Å². The van der Waals surface area contributed by atoms with Crippen molar-refractivity contribution in [2.75, 3.05) is 0 Å². The van der Waals surface area contributed by atoms with Gasteiger partial charge in [-0.25, -0.2) is 23.1 Å². The Morgan fingerprint density at radius 1 is 0.769 bits per heavy atom. The molecule has 1 heterocycles. The fraction of sp³-hybridized carbons (Fsp3) is 0.0588. The topological polar surface area (TPSA) is 25.8 Å². The molecule has 0 spiro atoms. The van der Waals surface area contributed by atoms with Crippen LogP contribution in [0.4, 0.5) is 26.3 Å². The second-order valence-electron chi connectivity index (χ2n) is 5.27. The minimum atomic E-state index is -5.16. The van der Waals surface area contributed by atoms with E-state index < -0.39 is 29.2 Å². The lowest BCUT2D eigenvalue weighted by molar-refractivity contribution is -0.142. The van der Waals surface area contributed by atoms with E-state index >= 15 is 0 Å².